The van der Waals surface area contributed by atoms with Crippen LogP contribution >= 0.6 is 15.9 Å². The zero-order valence-electron chi connectivity index (χ0n) is 11.9. The van der Waals surface area contributed by atoms with Crippen molar-refractivity contribution in [2.45, 2.75) is 40.3 Å². The number of benzene rings is 1. The molecule has 0 spiro atoms. The minimum atomic E-state index is 0.483. The molecule has 0 aliphatic heterocycles. The Balaban J connectivity index is 2.33. The largest absolute Gasteiger partial charge is 0.315 e. The third kappa shape index (κ3) is 5.51. The van der Waals surface area contributed by atoms with E-state index in [1.165, 1.54) is 15.6 Å². The Hall–Kier alpha value is -0.380. The first kappa shape index (κ1) is 15.7. The van der Waals surface area contributed by atoms with Gasteiger partial charge in [-0.05, 0) is 37.4 Å². The minimum absolute atomic E-state index is 0.483. The summed E-state index contributed by atoms with van der Waals surface area (Å²) in [7, 11) is 0. The highest BCUT2D eigenvalue weighted by Gasteiger charge is 2.05. The van der Waals surface area contributed by atoms with Crippen molar-refractivity contribution in [2.75, 3.05) is 13.1 Å². The fourth-order valence-corrected chi connectivity index (χ4v) is 2.19. The summed E-state index contributed by atoms with van der Waals surface area (Å²) < 4.78 is 1.22. The molecule has 2 N–H and O–H groups in total. The van der Waals surface area contributed by atoms with Gasteiger partial charge in [-0.3, -0.25) is 0 Å². The average Bonchev–Trinajstić information content (AvgIpc) is 2.30. The third-order valence-electron chi connectivity index (χ3n) is 2.92. The van der Waals surface area contributed by atoms with Gasteiger partial charge in [0.05, 0.1) is 0 Å². The first-order valence-electron chi connectivity index (χ1n) is 6.68. The number of hydrogen-bond donors (Lipinski definition) is 2. The van der Waals surface area contributed by atoms with Crippen LogP contribution < -0.4 is 10.6 Å². The first-order chi connectivity index (χ1) is 8.50. The first-order valence-corrected chi connectivity index (χ1v) is 7.48. The van der Waals surface area contributed by atoms with Crippen LogP contribution in [0.2, 0.25) is 0 Å². The van der Waals surface area contributed by atoms with Crippen LogP contribution in [0.4, 0.5) is 0 Å². The summed E-state index contributed by atoms with van der Waals surface area (Å²) in [4.78, 5) is 0. The van der Waals surface area contributed by atoms with Crippen LogP contribution in [0.3, 0.4) is 0 Å². The molecule has 1 aromatic rings. The van der Waals surface area contributed by atoms with E-state index in [4.69, 9.17) is 0 Å². The zero-order valence-corrected chi connectivity index (χ0v) is 13.5. The van der Waals surface area contributed by atoms with Crippen molar-refractivity contribution >= 4 is 15.9 Å². The van der Waals surface area contributed by atoms with Gasteiger partial charge in [0.1, 0.15) is 0 Å². The Labute approximate surface area is 120 Å². The number of halogens is 1. The van der Waals surface area contributed by atoms with Crippen molar-refractivity contribution in [3.63, 3.8) is 0 Å². The van der Waals surface area contributed by atoms with E-state index in [1.54, 1.807) is 0 Å². The standard InChI is InChI=1S/C15H25BrN2/c1-11(2)8-17-9-13(4)18-10-14-7-5-6-12(3)15(14)16/h5-7,11,13,17-18H,8-10H2,1-4H3. The van der Waals surface area contributed by atoms with E-state index < -0.39 is 0 Å². The monoisotopic (exact) mass is 312 g/mol. The van der Waals surface area contributed by atoms with Crippen LogP contribution in [0, 0.1) is 12.8 Å². The molecule has 0 radical (unpaired) electrons. The lowest BCUT2D eigenvalue weighted by Crippen LogP contribution is -2.37. The molecule has 0 saturated heterocycles. The Morgan fingerprint density at radius 2 is 1.89 bits per heavy atom. The molecule has 3 heteroatoms. The van der Waals surface area contributed by atoms with Gasteiger partial charge in [0, 0.05) is 23.6 Å². The molecule has 0 heterocycles. The number of nitrogens with one attached hydrogen (secondary N) is 2. The second-order valence-corrected chi connectivity index (χ2v) is 6.18. The zero-order chi connectivity index (χ0) is 13.5. The molecule has 0 aromatic heterocycles. The quantitative estimate of drug-likeness (QED) is 0.805. The molecule has 1 atom stereocenters. The molecule has 0 saturated carbocycles. The predicted octanol–water partition coefficient (Wildman–Crippen LogP) is 3.48. The average molecular weight is 313 g/mol. The van der Waals surface area contributed by atoms with Crippen LogP contribution in [0.15, 0.2) is 22.7 Å². The van der Waals surface area contributed by atoms with Gasteiger partial charge in [-0.15, -0.1) is 0 Å². The molecule has 2 nitrogen and oxygen atoms in total. The van der Waals surface area contributed by atoms with Gasteiger partial charge in [-0.1, -0.05) is 48.0 Å². The van der Waals surface area contributed by atoms with Gasteiger partial charge < -0.3 is 10.6 Å². The normalized spacial score (nSPS) is 13.0. The lowest BCUT2D eigenvalue weighted by Gasteiger charge is -2.16. The second-order valence-electron chi connectivity index (χ2n) is 5.38. The summed E-state index contributed by atoms with van der Waals surface area (Å²) in [5, 5.41) is 7.02. The van der Waals surface area contributed by atoms with Crippen molar-refractivity contribution in [3.8, 4) is 0 Å². The van der Waals surface area contributed by atoms with E-state index in [0.717, 1.165) is 19.6 Å². The Bertz CT molecular complexity index is 364. The fourth-order valence-electron chi connectivity index (χ4n) is 1.79. The lowest BCUT2D eigenvalue weighted by molar-refractivity contribution is 0.472. The third-order valence-corrected chi connectivity index (χ3v) is 4.05. The van der Waals surface area contributed by atoms with E-state index >= 15 is 0 Å². The summed E-state index contributed by atoms with van der Waals surface area (Å²) >= 11 is 3.65. The van der Waals surface area contributed by atoms with Gasteiger partial charge in [-0.2, -0.15) is 0 Å². The van der Waals surface area contributed by atoms with E-state index in [0.29, 0.717) is 12.0 Å². The number of aryl methyl sites for hydroxylation is 1. The Morgan fingerprint density at radius 1 is 1.17 bits per heavy atom. The van der Waals surface area contributed by atoms with Crippen LogP contribution in [0.1, 0.15) is 31.9 Å². The molecule has 0 aliphatic rings. The van der Waals surface area contributed by atoms with Crippen molar-refractivity contribution < 1.29 is 0 Å². The SMILES string of the molecule is Cc1cccc(CNC(C)CNCC(C)C)c1Br. The molecule has 18 heavy (non-hydrogen) atoms. The number of rotatable bonds is 7. The maximum Gasteiger partial charge on any atom is 0.0249 e. The van der Waals surface area contributed by atoms with Gasteiger partial charge >= 0.3 is 0 Å². The van der Waals surface area contributed by atoms with Crippen LogP contribution in [0.5, 0.6) is 0 Å². The van der Waals surface area contributed by atoms with Crippen LogP contribution in [0.25, 0.3) is 0 Å². The van der Waals surface area contributed by atoms with E-state index in [2.05, 4.69) is 72.5 Å². The molecule has 0 amide bonds. The summed E-state index contributed by atoms with van der Waals surface area (Å²) in [6.45, 7) is 11.8. The molecule has 0 fully saturated rings. The topological polar surface area (TPSA) is 24.1 Å². The fraction of sp³-hybridized carbons (Fsp3) is 0.600. The summed E-state index contributed by atoms with van der Waals surface area (Å²) in [6, 6.07) is 6.88. The maximum atomic E-state index is 3.65. The van der Waals surface area contributed by atoms with Crippen molar-refractivity contribution in [2.24, 2.45) is 5.92 Å². The van der Waals surface area contributed by atoms with Crippen molar-refractivity contribution in [1.29, 1.82) is 0 Å². The molecule has 1 unspecified atom stereocenters. The molecule has 1 rings (SSSR count). The van der Waals surface area contributed by atoms with Gasteiger partial charge in [0.2, 0.25) is 0 Å². The summed E-state index contributed by atoms with van der Waals surface area (Å²) in [5.74, 6) is 0.711. The maximum absolute atomic E-state index is 3.65. The van der Waals surface area contributed by atoms with Gasteiger partial charge in [0.25, 0.3) is 0 Å². The van der Waals surface area contributed by atoms with Crippen LogP contribution in [-0.2, 0) is 6.54 Å². The second kappa shape index (κ2) is 7.93. The van der Waals surface area contributed by atoms with E-state index in [-0.39, 0.29) is 0 Å². The van der Waals surface area contributed by atoms with Crippen molar-refractivity contribution in [1.82, 2.24) is 10.6 Å². The van der Waals surface area contributed by atoms with Gasteiger partial charge in [0.15, 0.2) is 0 Å². The molecule has 0 aliphatic carbocycles. The molecule has 1 aromatic carbocycles. The molecule has 102 valence electrons. The summed E-state index contributed by atoms with van der Waals surface area (Å²) in [5.41, 5.74) is 2.62. The highest BCUT2D eigenvalue weighted by molar-refractivity contribution is 9.10. The van der Waals surface area contributed by atoms with E-state index in [9.17, 15) is 0 Å². The predicted molar refractivity (Wildman–Crippen MR) is 82.9 cm³/mol. The van der Waals surface area contributed by atoms with Gasteiger partial charge in [-0.25, -0.2) is 0 Å². The number of hydrogen-bond acceptors (Lipinski definition) is 2. The molecule has 0 bridgehead atoms. The highest BCUT2D eigenvalue weighted by atomic mass is 79.9. The summed E-state index contributed by atoms with van der Waals surface area (Å²) in [6.07, 6.45) is 0. The molecular formula is C15H25BrN2. The highest BCUT2D eigenvalue weighted by Crippen LogP contribution is 2.20. The minimum Gasteiger partial charge on any atom is -0.315 e. The lowest BCUT2D eigenvalue weighted by atomic mass is 10.1. The van der Waals surface area contributed by atoms with Crippen LogP contribution in [-0.4, -0.2) is 19.1 Å². The Morgan fingerprint density at radius 3 is 2.56 bits per heavy atom. The smallest absolute Gasteiger partial charge is 0.0249 e. The van der Waals surface area contributed by atoms with Crippen molar-refractivity contribution in [3.05, 3.63) is 33.8 Å². The van der Waals surface area contributed by atoms with E-state index in [1.807, 2.05) is 0 Å². The Kier molecular flexibility index (Phi) is 6.90. The molecular weight excluding hydrogens is 288 g/mol.